The van der Waals surface area contributed by atoms with Gasteiger partial charge in [0.05, 0.1) is 5.41 Å². The van der Waals surface area contributed by atoms with Crippen molar-refractivity contribution in [2.24, 2.45) is 5.41 Å². The molecule has 3 rings (SSSR count). The normalized spacial score (nSPS) is 25.5. The van der Waals surface area contributed by atoms with Crippen LogP contribution < -0.4 is 4.90 Å². The topological polar surface area (TPSA) is 69.6 Å². The smallest absolute Gasteiger partial charge is 0.230 e. The van der Waals surface area contributed by atoms with E-state index in [0.717, 1.165) is 38.9 Å². The molecule has 1 N–H and O–H groups in total. The molecule has 22 heavy (non-hydrogen) atoms. The van der Waals surface area contributed by atoms with Crippen LogP contribution in [-0.2, 0) is 4.79 Å². The van der Waals surface area contributed by atoms with Gasteiger partial charge in [-0.05, 0) is 38.2 Å². The number of anilines is 1. The summed E-state index contributed by atoms with van der Waals surface area (Å²) in [5.74, 6) is 0.883. The number of hydrogen-bond acceptors (Lipinski definition) is 5. The lowest BCUT2D eigenvalue weighted by Crippen LogP contribution is -2.48. The molecule has 2 aliphatic rings. The van der Waals surface area contributed by atoms with Crippen LogP contribution in [0.15, 0.2) is 18.5 Å². The molecular formula is C16H24N4O2. The van der Waals surface area contributed by atoms with Crippen LogP contribution in [0.25, 0.3) is 0 Å². The lowest BCUT2D eigenvalue weighted by Gasteiger charge is -2.36. The zero-order chi connectivity index (χ0) is 15.4. The van der Waals surface area contributed by atoms with E-state index in [1.54, 1.807) is 18.5 Å². The van der Waals surface area contributed by atoms with Crippen LogP contribution in [-0.4, -0.2) is 58.7 Å². The maximum absolute atomic E-state index is 13.0. The minimum atomic E-state index is -0.481. The molecule has 0 aromatic carbocycles. The molecule has 0 aliphatic carbocycles. The Balaban J connectivity index is 1.76. The van der Waals surface area contributed by atoms with Crippen molar-refractivity contribution in [3.05, 3.63) is 18.5 Å². The minimum absolute atomic E-state index is 0.0447. The molecular weight excluding hydrogens is 280 g/mol. The predicted octanol–water partition coefficient (Wildman–Crippen LogP) is 1.07. The van der Waals surface area contributed by atoms with Crippen LogP contribution in [0.4, 0.5) is 5.95 Å². The summed E-state index contributed by atoms with van der Waals surface area (Å²) in [6, 6.07) is 1.79. The Hall–Kier alpha value is -1.69. The number of rotatable bonds is 4. The van der Waals surface area contributed by atoms with Crippen LogP contribution in [0, 0.1) is 5.41 Å². The molecule has 2 fully saturated rings. The molecule has 1 atom stereocenters. The van der Waals surface area contributed by atoms with Gasteiger partial charge in [-0.2, -0.15) is 0 Å². The van der Waals surface area contributed by atoms with Gasteiger partial charge in [-0.25, -0.2) is 9.97 Å². The molecule has 1 unspecified atom stereocenters. The number of carbonyl (C=O) groups excluding carboxylic acids is 1. The third-order valence-corrected chi connectivity index (χ3v) is 4.88. The summed E-state index contributed by atoms with van der Waals surface area (Å²) < 4.78 is 0. The Kier molecular flexibility index (Phi) is 4.57. The van der Waals surface area contributed by atoms with Crippen molar-refractivity contribution in [2.45, 2.75) is 32.1 Å². The number of likely N-dealkylation sites (tertiary alicyclic amines) is 1. The van der Waals surface area contributed by atoms with Crippen LogP contribution in [0.1, 0.15) is 32.1 Å². The van der Waals surface area contributed by atoms with Gasteiger partial charge in [0.1, 0.15) is 0 Å². The fraction of sp³-hybridized carbons (Fsp3) is 0.688. The van der Waals surface area contributed by atoms with E-state index in [2.05, 4.69) is 14.9 Å². The van der Waals surface area contributed by atoms with Crippen molar-refractivity contribution >= 4 is 11.9 Å². The lowest BCUT2D eigenvalue weighted by molar-refractivity contribution is -0.143. The first-order valence-electron chi connectivity index (χ1n) is 8.17. The summed E-state index contributed by atoms with van der Waals surface area (Å²) in [6.07, 6.45) is 8.12. The molecule has 1 aromatic heterocycles. The molecule has 3 heterocycles. The van der Waals surface area contributed by atoms with Crippen molar-refractivity contribution in [1.82, 2.24) is 14.9 Å². The molecule has 0 bridgehead atoms. The Morgan fingerprint density at radius 2 is 1.91 bits per heavy atom. The Morgan fingerprint density at radius 1 is 1.18 bits per heavy atom. The summed E-state index contributed by atoms with van der Waals surface area (Å²) in [5, 5.41) is 9.48. The van der Waals surface area contributed by atoms with E-state index in [0.29, 0.717) is 18.9 Å². The second kappa shape index (κ2) is 6.60. The zero-order valence-electron chi connectivity index (χ0n) is 12.9. The molecule has 2 saturated heterocycles. The standard InChI is InChI=1S/C16H24N4O2/c21-12-6-16(14(22)19-9-2-1-3-10-19)5-11-20(13-16)15-17-7-4-8-18-15/h4,7-8,21H,1-3,5-6,9-13H2. The van der Waals surface area contributed by atoms with Crippen LogP contribution in [0.3, 0.4) is 0 Å². The average Bonchev–Trinajstić information content (AvgIpc) is 3.01. The molecule has 0 radical (unpaired) electrons. The Morgan fingerprint density at radius 3 is 2.59 bits per heavy atom. The fourth-order valence-electron chi connectivity index (χ4n) is 3.63. The third kappa shape index (κ3) is 2.92. The number of aromatic nitrogens is 2. The summed E-state index contributed by atoms with van der Waals surface area (Å²) in [7, 11) is 0. The van der Waals surface area contributed by atoms with Crippen molar-refractivity contribution in [1.29, 1.82) is 0 Å². The van der Waals surface area contributed by atoms with Gasteiger partial charge >= 0.3 is 0 Å². The van der Waals surface area contributed by atoms with Crippen LogP contribution in [0.5, 0.6) is 0 Å². The van der Waals surface area contributed by atoms with E-state index in [-0.39, 0.29) is 12.5 Å². The van der Waals surface area contributed by atoms with E-state index in [1.807, 2.05) is 4.90 Å². The predicted molar refractivity (Wildman–Crippen MR) is 83.4 cm³/mol. The number of aliphatic hydroxyl groups is 1. The number of nitrogens with zero attached hydrogens (tertiary/aromatic N) is 4. The number of hydrogen-bond donors (Lipinski definition) is 1. The second-order valence-electron chi connectivity index (χ2n) is 6.33. The molecule has 120 valence electrons. The van der Waals surface area contributed by atoms with Gasteiger partial charge in [0.2, 0.25) is 11.9 Å². The highest BCUT2D eigenvalue weighted by Crippen LogP contribution is 2.37. The van der Waals surface area contributed by atoms with Crippen molar-refractivity contribution < 1.29 is 9.90 Å². The van der Waals surface area contributed by atoms with E-state index in [4.69, 9.17) is 0 Å². The quantitative estimate of drug-likeness (QED) is 0.901. The molecule has 1 aromatic rings. The summed E-state index contributed by atoms with van der Waals surface area (Å²) >= 11 is 0. The van der Waals surface area contributed by atoms with Gasteiger partial charge in [-0.15, -0.1) is 0 Å². The minimum Gasteiger partial charge on any atom is -0.396 e. The van der Waals surface area contributed by atoms with Crippen molar-refractivity contribution in [2.75, 3.05) is 37.7 Å². The van der Waals surface area contributed by atoms with E-state index in [1.165, 1.54) is 6.42 Å². The Bertz CT molecular complexity index is 504. The maximum atomic E-state index is 13.0. The molecule has 0 spiro atoms. The molecule has 2 aliphatic heterocycles. The number of aliphatic hydroxyl groups excluding tert-OH is 1. The van der Waals surface area contributed by atoms with Gasteiger partial charge in [0, 0.05) is 45.2 Å². The highest BCUT2D eigenvalue weighted by molar-refractivity contribution is 5.84. The SMILES string of the molecule is O=C(N1CCCCC1)C1(CCO)CCN(c2ncccn2)C1. The van der Waals surface area contributed by atoms with Gasteiger partial charge in [-0.1, -0.05) is 0 Å². The van der Waals surface area contributed by atoms with E-state index in [9.17, 15) is 9.90 Å². The summed E-state index contributed by atoms with van der Waals surface area (Å²) in [4.78, 5) is 25.7. The molecule has 1 amide bonds. The largest absolute Gasteiger partial charge is 0.396 e. The third-order valence-electron chi connectivity index (χ3n) is 4.88. The van der Waals surface area contributed by atoms with Gasteiger partial charge in [-0.3, -0.25) is 4.79 Å². The van der Waals surface area contributed by atoms with Gasteiger partial charge < -0.3 is 14.9 Å². The number of piperidine rings is 1. The van der Waals surface area contributed by atoms with Crippen LogP contribution in [0.2, 0.25) is 0 Å². The number of carbonyl (C=O) groups is 1. The summed E-state index contributed by atoms with van der Waals surface area (Å²) in [6.45, 7) is 3.13. The van der Waals surface area contributed by atoms with E-state index < -0.39 is 5.41 Å². The first-order valence-corrected chi connectivity index (χ1v) is 8.17. The number of amides is 1. The van der Waals surface area contributed by atoms with Crippen molar-refractivity contribution in [3.8, 4) is 0 Å². The monoisotopic (exact) mass is 304 g/mol. The van der Waals surface area contributed by atoms with Crippen LogP contribution >= 0.6 is 0 Å². The lowest BCUT2D eigenvalue weighted by atomic mass is 9.81. The summed E-state index contributed by atoms with van der Waals surface area (Å²) in [5.41, 5.74) is -0.481. The molecule has 6 nitrogen and oxygen atoms in total. The zero-order valence-corrected chi connectivity index (χ0v) is 12.9. The fourth-order valence-corrected chi connectivity index (χ4v) is 3.63. The average molecular weight is 304 g/mol. The molecule has 6 heteroatoms. The highest BCUT2D eigenvalue weighted by atomic mass is 16.3. The first kappa shape index (κ1) is 15.2. The van der Waals surface area contributed by atoms with Crippen molar-refractivity contribution in [3.63, 3.8) is 0 Å². The molecule has 0 saturated carbocycles. The maximum Gasteiger partial charge on any atom is 0.230 e. The second-order valence-corrected chi connectivity index (χ2v) is 6.33. The Labute approximate surface area is 131 Å². The highest BCUT2D eigenvalue weighted by Gasteiger charge is 2.46. The van der Waals surface area contributed by atoms with Gasteiger partial charge in [0.25, 0.3) is 0 Å². The van der Waals surface area contributed by atoms with Gasteiger partial charge in [0.15, 0.2) is 0 Å². The first-order chi connectivity index (χ1) is 10.7. The van der Waals surface area contributed by atoms with E-state index >= 15 is 0 Å².